The first-order valence-electron chi connectivity index (χ1n) is 11.2. The summed E-state index contributed by atoms with van der Waals surface area (Å²) in [5.41, 5.74) is 5.39. The first kappa shape index (κ1) is 24.4. The van der Waals surface area contributed by atoms with E-state index < -0.39 is 17.8 Å². The fourth-order valence-corrected chi connectivity index (χ4v) is 4.49. The SMILES string of the molecule is CCc1ccc(N2C(=O)NC(=O)/C(=C\c3ccc(OCc4cc(C)cc(C)c4)c(Br)c3)C2=O)cc1. The van der Waals surface area contributed by atoms with Crippen LogP contribution in [0.1, 0.15) is 34.7 Å². The molecule has 0 atom stereocenters. The number of hydrogen-bond acceptors (Lipinski definition) is 4. The van der Waals surface area contributed by atoms with Crippen molar-refractivity contribution in [3.8, 4) is 5.75 Å². The monoisotopic (exact) mass is 532 g/mol. The van der Waals surface area contributed by atoms with E-state index in [0.717, 1.165) is 22.4 Å². The van der Waals surface area contributed by atoms with Gasteiger partial charge in [-0.15, -0.1) is 0 Å². The van der Waals surface area contributed by atoms with Crippen LogP contribution >= 0.6 is 15.9 Å². The standard InChI is InChI=1S/C28H25BrN2O4/c1-4-19-5-8-22(9-6-19)31-27(33)23(26(32)30-28(31)34)14-20-7-10-25(24(29)15-20)35-16-21-12-17(2)11-18(3)13-21/h5-15H,4,16H2,1-3H3,(H,30,32,34)/b23-14+. The molecule has 1 aliphatic heterocycles. The molecule has 0 aliphatic carbocycles. The number of aryl methyl sites for hydroxylation is 3. The number of nitrogens with one attached hydrogen (secondary N) is 1. The highest BCUT2D eigenvalue weighted by molar-refractivity contribution is 9.10. The minimum absolute atomic E-state index is 0.125. The van der Waals surface area contributed by atoms with Gasteiger partial charge < -0.3 is 4.74 Å². The number of urea groups is 1. The van der Waals surface area contributed by atoms with E-state index >= 15 is 0 Å². The number of carbonyl (C=O) groups is 3. The van der Waals surface area contributed by atoms with Crippen molar-refractivity contribution in [2.24, 2.45) is 0 Å². The topological polar surface area (TPSA) is 75.7 Å². The summed E-state index contributed by atoms with van der Waals surface area (Å²) in [7, 11) is 0. The van der Waals surface area contributed by atoms with Crippen LogP contribution in [0.3, 0.4) is 0 Å². The molecule has 4 rings (SSSR count). The Balaban J connectivity index is 1.55. The van der Waals surface area contributed by atoms with Crippen molar-refractivity contribution in [1.82, 2.24) is 5.32 Å². The van der Waals surface area contributed by atoms with E-state index in [0.29, 0.717) is 28.1 Å². The Morgan fingerprint density at radius 2 is 1.60 bits per heavy atom. The van der Waals surface area contributed by atoms with Gasteiger partial charge in [0.15, 0.2) is 0 Å². The normalized spacial score (nSPS) is 14.9. The summed E-state index contributed by atoms with van der Waals surface area (Å²) in [6, 6.07) is 17.9. The maximum absolute atomic E-state index is 13.1. The Labute approximate surface area is 212 Å². The van der Waals surface area contributed by atoms with Gasteiger partial charge in [-0.1, -0.05) is 54.4 Å². The molecular formula is C28H25BrN2O4. The van der Waals surface area contributed by atoms with Crippen molar-refractivity contribution in [3.05, 3.63) is 98.5 Å². The lowest BCUT2D eigenvalue weighted by atomic mass is 10.1. The number of imide groups is 2. The molecule has 4 amide bonds. The summed E-state index contributed by atoms with van der Waals surface area (Å²) in [4.78, 5) is 39.0. The van der Waals surface area contributed by atoms with Gasteiger partial charge in [0, 0.05) is 0 Å². The fourth-order valence-electron chi connectivity index (χ4n) is 3.98. The van der Waals surface area contributed by atoms with Gasteiger partial charge in [-0.05, 0) is 83.2 Å². The molecule has 3 aromatic carbocycles. The zero-order valence-electron chi connectivity index (χ0n) is 19.7. The van der Waals surface area contributed by atoms with E-state index in [1.807, 2.05) is 32.9 Å². The van der Waals surface area contributed by atoms with Crippen LogP contribution in [0, 0.1) is 13.8 Å². The first-order valence-corrected chi connectivity index (χ1v) is 12.0. The molecule has 178 valence electrons. The predicted octanol–water partition coefficient (Wildman–Crippen LogP) is 5.87. The van der Waals surface area contributed by atoms with Crippen molar-refractivity contribution in [2.75, 3.05) is 4.90 Å². The summed E-state index contributed by atoms with van der Waals surface area (Å²) in [5, 5.41) is 2.25. The van der Waals surface area contributed by atoms with Gasteiger partial charge in [-0.25, -0.2) is 9.69 Å². The minimum Gasteiger partial charge on any atom is -0.488 e. The summed E-state index contributed by atoms with van der Waals surface area (Å²) in [6.07, 6.45) is 2.30. The van der Waals surface area contributed by atoms with Gasteiger partial charge >= 0.3 is 6.03 Å². The molecule has 0 unspecified atom stereocenters. The van der Waals surface area contributed by atoms with Crippen LogP contribution in [-0.2, 0) is 22.6 Å². The summed E-state index contributed by atoms with van der Waals surface area (Å²) >= 11 is 3.51. The van der Waals surface area contributed by atoms with Crippen LogP contribution in [0.15, 0.2) is 70.7 Å². The highest BCUT2D eigenvalue weighted by atomic mass is 79.9. The second-order valence-electron chi connectivity index (χ2n) is 8.45. The second kappa shape index (κ2) is 10.3. The zero-order chi connectivity index (χ0) is 25.1. The lowest BCUT2D eigenvalue weighted by Crippen LogP contribution is -2.54. The molecule has 7 heteroatoms. The Morgan fingerprint density at radius 1 is 0.914 bits per heavy atom. The van der Waals surface area contributed by atoms with E-state index in [4.69, 9.17) is 4.74 Å². The molecule has 3 aromatic rings. The van der Waals surface area contributed by atoms with Crippen LogP contribution in [0.4, 0.5) is 10.5 Å². The number of halogens is 1. The molecule has 0 bridgehead atoms. The first-order chi connectivity index (χ1) is 16.7. The number of rotatable bonds is 6. The third kappa shape index (κ3) is 5.52. The van der Waals surface area contributed by atoms with Crippen LogP contribution in [0.5, 0.6) is 5.75 Å². The van der Waals surface area contributed by atoms with Gasteiger partial charge in [-0.2, -0.15) is 0 Å². The third-order valence-corrected chi connectivity index (χ3v) is 6.27. The van der Waals surface area contributed by atoms with Crippen molar-refractivity contribution in [3.63, 3.8) is 0 Å². The number of anilines is 1. The molecule has 1 aliphatic rings. The van der Waals surface area contributed by atoms with Crippen LogP contribution < -0.4 is 15.0 Å². The molecule has 1 fully saturated rings. The largest absolute Gasteiger partial charge is 0.488 e. The predicted molar refractivity (Wildman–Crippen MR) is 139 cm³/mol. The molecule has 1 N–H and O–H groups in total. The van der Waals surface area contributed by atoms with Crippen molar-refractivity contribution in [2.45, 2.75) is 33.8 Å². The lowest BCUT2D eigenvalue weighted by Gasteiger charge is -2.26. The maximum Gasteiger partial charge on any atom is 0.335 e. The number of ether oxygens (including phenoxy) is 1. The molecule has 1 saturated heterocycles. The number of amides is 4. The number of hydrogen-bond donors (Lipinski definition) is 1. The summed E-state index contributed by atoms with van der Waals surface area (Å²) in [5.74, 6) is -0.763. The maximum atomic E-state index is 13.1. The Bertz CT molecular complexity index is 1330. The third-order valence-electron chi connectivity index (χ3n) is 5.65. The minimum atomic E-state index is -0.766. The summed E-state index contributed by atoms with van der Waals surface area (Å²) < 4.78 is 6.64. The van der Waals surface area contributed by atoms with Gasteiger partial charge in [0.2, 0.25) is 0 Å². The van der Waals surface area contributed by atoms with Gasteiger partial charge in [0.05, 0.1) is 10.2 Å². The molecule has 1 heterocycles. The average Bonchev–Trinajstić information content (AvgIpc) is 2.81. The highest BCUT2D eigenvalue weighted by Gasteiger charge is 2.36. The molecule has 35 heavy (non-hydrogen) atoms. The second-order valence-corrected chi connectivity index (χ2v) is 9.31. The van der Waals surface area contributed by atoms with Gasteiger partial charge in [-0.3, -0.25) is 14.9 Å². The number of carbonyl (C=O) groups excluding carboxylic acids is 3. The van der Waals surface area contributed by atoms with Crippen LogP contribution in [0.2, 0.25) is 0 Å². The van der Waals surface area contributed by atoms with Crippen LogP contribution in [0.25, 0.3) is 6.08 Å². The van der Waals surface area contributed by atoms with Gasteiger partial charge in [0.25, 0.3) is 11.8 Å². The lowest BCUT2D eigenvalue weighted by molar-refractivity contribution is -0.122. The summed E-state index contributed by atoms with van der Waals surface area (Å²) in [6.45, 7) is 6.53. The quantitative estimate of drug-likeness (QED) is 0.318. The van der Waals surface area contributed by atoms with E-state index in [2.05, 4.69) is 39.4 Å². The number of nitrogens with zero attached hydrogens (tertiary/aromatic N) is 1. The van der Waals surface area contributed by atoms with Crippen molar-refractivity contribution < 1.29 is 19.1 Å². The Morgan fingerprint density at radius 3 is 2.23 bits per heavy atom. The zero-order valence-corrected chi connectivity index (χ0v) is 21.3. The van der Waals surface area contributed by atoms with E-state index in [1.54, 1.807) is 30.3 Å². The number of barbiturate groups is 1. The number of benzene rings is 3. The van der Waals surface area contributed by atoms with Crippen molar-refractivity contribution in [1.29, 1.82) is 0 Å². The Hall–Kier alpha value is -3.71. The van der Waals surface area contributed by atoms with Gasteiger partial charge in [0.1, 0.15) is 17.9 Å². The molecule has 0 radical (unpaired) electrons. The molecule has 0 spiro atoms. The van der Waals surface area contributed by atoms with E-state index in [9.17, 15) is 14.4 Å². The van der Waals surface area contributed by atoms with Crippen molar-refractivity contribution >= 4 is 45.5 Å². The van der Waals surface area contributed by atoms with E-state index in [-0.39, 0.29) is 5.57 Å². The molecular weight excluding hydrogens is 508 g/mol. The van der Waals surface area contributed by atoms with Crippen LogP contribution in [-0.4, -0.2) is 17.8 Å². The van der Waals surface area contributed by atoms with E-state index in [1.165, 1.54) is 17.2 Å². The Kier molecular flexibility index (Phi) is 7.17. The average molecular weight is 533 g/mol. The molecule has 6 nitrogen and oxygen atoms in total. The fraction of sp³-hybridized carbons (Fsp3) is 0.179. The highest BCUT2D eigenvalue weighted by Crippen LogP contribution is 2.29. The molecule has 0 saturated carbocycles. The smallest absolute Gasteiger partial charge is 0.335 e. The molecule has 0 aromatic heterocycles.